The van der Waals surface area contributed by atoms with E-state index in [-0.39, 0.29) is 11.6 Å². The van der Waals surface area contributed by atoms with Crippen LogP contribution in [-0.2, 0) is 0 Å². The van der Waals surface area contributed by atoms with Gasteiger partial charge in [-0.3, -0.25) is 0 Å². The molecule has 6 nitrogen and oxygen atoms in total. The molecular formula is C16H13N3O3. The molecule has 0 amide bonds. The zero-order chi connectivity index (χ0) is 15.9. The van der Waals surface area contributed by atoms with Crippen molar-refractivity contribution in [3.8, 4) is 17.6 Å². The molecule has 0 aliphatic heterocycles. The van der Waals surface area contributed by atoms with Crippen LogP contribution in [0.15, 0.2) is 41.2 Å². The van der Waals surface area contributed by atoms with E-state index in [4.69, 9.17) is 0 Å². The Hall–Kier alpha value is -3.04. The van der Waals surface area contributed by atoms with Crippen LogP contribution >= 0.6 is 0 Å². The van der Waals surface area contributed by atoms with Crippen LogP contribution in [0, 0.1) is 11.3 Å². The second-order valence-electron chi connectivity index (χ2n) is 4.97. The molecule has 3 N–H and O–H groups in total. The van der Waals surface area contributed by atoms with Gasteiger partial charge in [0.25, 0.3) is 0 Å². The molecule has 0 unspecified atom stereocenters. The minimum Gasteiger partial charge on any atom is -0.493 e. The Morgan fingerprint density at radius 1 is 1.23 bits per heavy atom. The van der Waals surface area contributed by atoms with E-state index in [0.29, 0.717) is 22.0 Å². The molecule has 0 spiro atoms. The SMILES string of the molecule is C[C@@H](O)c1[nH]c(=O)n(-c2ccc(C#N)c3ccccc23)c1O. The second-order valence-corrected chi connectivity index (χ2v) is 4.97. The van der Waals surface area contributed by atoms with Crippen LogP contribution in [0.5, 0.6) is 5.88 Å². The van der Waals surface area contributed by atoms with Gasteiger partial charge in [0.05, 0.1) is 23.4 Å². The van der Waals surface area contributed by atoms with Crippen LogP contribution < -0.4 is 5.69 Å². The number of nitrogens with one attached hydrogen (secondary N) is 1. The van der Waals surface area contributed by atoms with Crippen LogP contribution in [0.25, 0.3) is 16.5 Å². The number of nitrogens with zero attached hydrogens (tertiary/aromatic N) is 2. The van der Waals surface area contributed by atoms with Crippen molar-refractivity contribution in [2.24, 2.45) is 0 Å². The maximum Gasteiger partial charge on any atom is 0.333 e. The summed E-state index contributed by atoms with van der Waals surface area (Å²) in [4.78, 5) is 14.6. The Morgan fingerprint density at radius 2 is 1.91 bits per heavy atom. The maximum absolute atomic E-state index is 12.1. The minimum atomic E-state index is -1.00. The summed E-state index contributed by atoms with van der Waals surface area (Å²) in [5, 5.41) is 30.4. The highest BCUT2D eigenvalue weighted by atomic mass is 16.3. The molecule has 3 rings (SSSR count). The lowest BCUT2D eigenvalue weighted by atomic mass is 10.0. The van der Waals surface area contributed by atoms with E-state index in [2.05, 4.69) is 11.1 Å². The number of imidazole rings is 1. The number of aliphatic hydroxyl groups excluding tert-OH is 1. The maximum atomic E-state index is 12.1. The van der Waals surface area contributed by atoms with Crippen molar-refractivity contribution >= 4 is 10.8 Å². The molecule has 1 heterocycles. The first-order valence-electron chi connectivity index (χ1n) is 6.68. The van der Waals surface area contributed by atoms with E-state index in [1.54, 1.807) is 36.4 Å². The van der Waals surface area contributed by atoms with Gasteiger partial charge in [-0.1, -0.05) is 24.3 Å². The zero-order valence-corrected chi connectivity index (χ0v) is 11.7. The molecule has 1 aromatic heterocycles. The predicted octanol–water partition coefficient (Wildman–Crippen LogP) is 1.95. The van der Waals surface area contributed by atoms with Gasteiger partial charge in [0.15, 0.2) is 0 Å². The number of aromatic nitrogens is 2. The van der Waals surface area contributed by atoms with Crippen molar-refractivity contribution < 1.29 is 10.2 Å². The first kappa shape index (κ1) is 13.9. The molecular weight excluding hydrogens is 282 g/mol. The van der Waals surface area contributed by atoms with Gasteiger partial charge in [-0.25, -0.2) is 9.36 Å². The summed E-state index contributed by atoms with van der Waals surface area (Å²) in [6.07, 6.45) is -1.00. The third-order valence-electron chi connectivity index (χ3n) is 3.58. The van der Waals surface area contributed by atoms with Crippen LogP contribution in [0.4, 0.5) is 0 Å². The molecule has 1 atom stereocenters. The predicted molar refractivity (Wildman–Crippen MR) is 80.9 cm³/mol. The van der Waals surface area contributed by atoms with Gasteiger partial charge in [-0.15, -0.1) is 0 Å². The summed E-state index contributed by atoms with van der Waals surface area (Å²) in [6, 6.07) is 12.4. The minimum absolute atomic E-state index is 0.0541. The highest BCUT2D eigenvalue weighted by Crippen LogP contribution is 2.29. The normalized spacial score (nSPS) is 12.2. The summed E-state index contributed by atoms with van der Waals surface area (Å²) in [6.45, 7) is 1.45. The number of hydrogen-bond acceptors (Lipinski definition) is 4. The molecule has 0 bridgehead atoms. The van der Waals surface area contributed by atoms with E-state index in [0.717, 1.165) is 4.57 Å². The third-order valence-corrected chi connectivity index (χ3v) is 3.58. The monoisotopic (exact) mass is 295 g/mol. The Bertz CT molecular complexity index is 961. The highest BCUT2D eigenvalue weighted by Gasteiger charge is 2.19. The number of H-pyrrole nitrogens is 1. The number of aromatic amines is 1. The molecule has 22 heavy (non-hydrogen) atoms. The van der Waals surface area contributed by atoms with Crippen molar-refractivity contribution in [1.29, 1.82) is 5.26 Å². The largest absolute Gasteiger partial charge is 0.493 e. The molecule has 0 radical (unpaired) electrons. The summed E-state index contributed by atoms with van der Waals surface area (Å²) in [5.41, 5.74) is 0.431. The molecule has 0 aliphatic rings. The first-order valence-corrected chi connectivity index (χ1v) is 6.68. The summed E-state index contributed by atoms with van der Waals surface area (Å²) >= 11 is 0. The Balaban J connectivity index is 2.38. The molecule has 0 aliphatic carbocycles. The lowest BCUT2D eigenvalue weighted by Gasteiger charge is -2.09. The lowest BCUT2D eigenvalue weighted by Crippen LogP contribution is -2.15. The van der Waals surface area contributed by atoms with Crippen LogP contribution in [0.2, 0.25) is 0 Å². The molecule has 110 valence electrons. The lowest BCUT2D eigenvalue weighted by molar-refractivity contribution is 0.190. The van der Waals surface area contributed by atoms with Crippen LogP contribution in [0.3, 0.4) is 0 Å². The van der Waals surface area contributed by atoms with Crippen molar-refractivity contribution in [2.45, 2.75) is 13.0 Å². The fourth-order valence-corrected chi connectivity index (χ4v) is 2.53. The highest BCUT2D eigenvalue weighted by molar-refractivity contribution is 5.94. The molecule has 0 fully saturated rings. The van der Waals surface area contributed by atoms with Gasteiger partial charge >= 0.3 is 5.69 Å². The van der Waals surface area contributed by atoms with Gasteiger partial charge in [-0.2, -0.15) is 5.26 Å². The van der Waals surface area contributed by atoms with Crippen molar-refractivity contribution in [3.05, 3.63) is 58.1 Å². The number of hydrogen-bond donors (Lipinski definition) is 3. The first-order chi connectivity index (χ1) is 10.5. The Kier molecular flexibility index (Phi) is 3.20. The summed E-state index contributed by atoms with van der Waals surface area (Å²) in [5.74, 6) is -0.338. The van der Waals surface area contributed by atoms with Crippen LogP contribution in [-0.4, -0.2) is 19.8 Å². The molecule has 0 saturated heterocycles. The average Bonchev–Trinajstić information content (AvgIpc) is 2.81. The Morgan fingerprint density at radius 3 is 2.50 bits per heavy atom. The van der Waals surface area contributed by atoms with Crippen molar-refractivity contribution in [2.75, 3.05) is 0 Å². The number of fused-ring (bicyclic) bond motifs is 1. The average molecular weight is 295 g/mol. The third kappa shape index (κ3) is 1.96. The zero-order valence-electron chi connectivity index (χ0n) is 11.7. The fourth-order valence-electron chi connectivity index (χ4n) is 2.53. The van der Waals surface area contributed by atoms with Gasteiger partial charge in [0.1, 0.15) is 5.69 Å². The standard InChI is InChI=1S/C16H13N3O3/c1-9(20)14-15(21)19(16(22)18-14)13-7-6-10(8-17)11-4-2-3-5-12(11)13/h2-7,9,20-21H,1H3,(H,18,22)/t9-/m1/s1. The molecule has 3 aromatic rings. The van der Waals surface area contributed by atoms with E-state index in [1.807, 2.05) is 0 Å². The summed E-state index contributed by atoms with van der Waals surface area (Å²) in [7, 11) is 0. The van der Waals surface area contributed by atoms with Crippen LogP contribution in [0.1, 0.15) is 24.3 Å². The van der Waals surface area contributed by atoms with E-state index in [9.17, 15) is 20.3 Å². The van der Waals surface area contributed by atoms with E-state index in [1.165, 1.54) is 6.92 Å². The van der Waals surface area contributed by atoms with Gasteiger partial charge < -0.3 is 15.2 Å². The second kappa shape index (κ2) is 5.06. The molecule has 2 aromatic carbocycles. The van der Waals surface area contributed by atoms with Crippen molar-refractivity contribution in [1.82, 2.24) is 9.55 Å². The number of benzene rings is 2. The smallest absolute Gasteiger partial charge is 0.333 e. The van der Waals surface area contributed by atoms with Gasteiger partial charge in [0, 0.05) is 10.8 Å². The summed E-state index contributed by atoms with van der Waals surface area (Å²) < 4.78 is 1.09. The Labute approximate surface area is 125 Å². The van der Waals surface area contributed by atoms with Crippen molar-refractivity contribution in [3.63, 3.8) is 0 Å². The van der Waals surface area contributed by atoms with E-state index < -0.39 is 11.8 Å². The topological polar surface area (TPSA) is 102 Å². The number of aliphatic hydroxyl groups is 1. The quantitative estimate of drug-likeness (QED) is 0.672. The fraction of sp³-hybridized carbons (Fsp3) is 0.125. The number of rotatable bonds is 2. The molecule has 0 saturated carbocycles. The van der Waals surface area contributed by atoms with E-state index >= 15 is 0 Å². The van der Waals surface area contributed by atoms with Gasteiger partial charge in [0.2, 0.25) is 5.88 Å². The molecule has 6 heteroatoms. The van der Waals surface area contributed by atoms with Gasteiger partial charge in [-0.05, 0) is 19.1 Å². The number of nitriles is 1. The number of aromatic hydroxyl groups is 1.